The van der Waals surface area contributed by atoms with Crippen molar-refractivity contribution in [3.8, 4) is 0 Å². The molecule has 0 radical (unpaired) electrons. The lowest BCUT2D eigenvalue weighted by Gasteiger charge is -2.27. The Bertz CT molecular complexity index is 413. The van der Waals surface area contributed by atoms with Gasteiger partial charge in [-0.15, -0.1) is 0 Å². The number of rotatable bonds is 10. The van der Waals surface area contributed by atoms with Crippen molar-refractivity contribution in [1.29, 1.82) is 0 Å². The van der Waals surface area contributed by atoms with Crippen molar-refractivity contribution in [2.75, 3.05) is 13.1 Å². The minimum absolute atomic E-state index is 0.0564. The highest BCUT2D eigenvalue weighted by Crippen LogP contribution is 2.23. The number of unbranched alkanes of at least 4 members (excludes halogenated alkanes) is 2. The average Bonchev–Trinajstić information content (AvgIpc) is 2.54. The van der Waals surface area contributed by atoms with Crippen molar-refractivity contribution in [3.05, 3.63) is 48.6 Å². The predicted octanol–water partition coefficient (Wildman–Crippen LogP) is 4.78. The van der Waals surface area contributed by atoms with Crippen LogP contribution in [0, 0.1) is 0 Å². The predicted molar refractivity (Wildman–Crippen MR) is 90.4 cm³/mol. The summed E-state index contributed by atoms with van der Waals surface area (Å²) < 4.78 is 0. The second-order valence-corrected chi connectivity index (χ2v) is 5.59. The summed E-state index contributed by atoms with van der Waals surface area (Å²) in [5, 5.41) is 0. The molecule has 116 valence electrons. The van der Waals surface area contributed by atoms with E-state index in [4.69, 9.17) is 0 Å². The number of carbonyl (C=O) groups excluding carboxylic acids is 1. The van der Waals surface area contributed by atoms with E-state index in [0.717, 1.165) is 32.4 Å². The van der Waals surface area contributed by atoms with Crippen molar-refractivity contribution < 1.29 is 4.79 Å². The molecular formula is C19H29NO. The van der Waals surface area contributed by atoms with E-state index >= 15 is 0 Å². The van der Waals surface area contributed by atoms with E-state index < -0.39 is 0 Å². The maximum atomic E-state index is 12.1. The molecular weight excluding hydrogens is 258 g/mol. The smallest absolute Gasteiger partial charge is 0.245 e. The molecule has 1 amide bonds. The molecule has 1 aromatic carbocycles. The van der Waals surface area contributed by atoms with Crippen LogP contribution in [0.5, 0.6) is 0 Å². The maximum Gasteiger partial charge on any atom is 0.245 e. The molecule has 0 saturated heterocycles. The molecule has 0 N–H and O–H groups in total. The van der Waals surface area contributed by atoms with Gasteiger partial charge in [-0.2, -0.15) is 0 Å². The summed E-state index contributed by atoms with van der Waals surface area (Å²) in [6, 6.07) is 10.6. The van der Waals surface area contributed by atoms with E-state index in [-0.39, 0.29) is 5.91 Å². The van der Waals surface area contributed by atoms with Crippen LogP contribution < -0.4 is 0 Å². The van der Waals surface area contributed by atoms with Crippen LogP contribution in [0.25, 0.3) is 0 Å². The first-order valence-corrected chi connectivity index (χ1v) is 8.19. The molecule has 0 bridgehead atoms. The van der Waals surface area contributed by atoms with E-state index in [1.165, 1.54) is 24.5 Å². The molecule has 1 rings (SSSR count). The van der Waals surface area contributed by atoms with Crippen LogP contribution in [0.2, 0.25) is 0 Å². The van der Waals surface area contributed by atoms with E-state index in [9.17, 15) is 4.79 Å². The zero-order valence-corrected chi connectivity index (χ0v) is 13.6. The van der Waals surface area contributed by atoms with Gasteiger partial charge in [0, 0.05) is 19.0 Å². The van der Waals surface area contributed by atoms with Gasteiger partial charge >= 0.3 is 0 Å². The van der Waals surface area contributed by atoms with Crippen LogP contribution in [-0.2, 0) is 4.79 Å². The lowest BCUT2D eigenvalue weighted by molar-refractivity contribution is -0.126. The molecule has 0 fully saturated rings. The largest absolute Gasteiger partial charge is 0.339 e. The summed E-state index contributed by atoms with van der Waals surface area (Å²) in [5.74, 6) is 0.479. The van der Waals surface area contributed by atoms with Gasteiger partial charge in [-0.3, -0.25) is 4.79 Å². The zero-order valence-electron chi connectivity index (χ0n) is 13.6. The molecule has 0 aliphatic rings. The SMILES string of the molecule is C=CC(=O)N(CCCC)CC(CCCC)c1ccccc1. The van der Waals surface area contributed by atoms with E-state index in [1.54, 1.807) is 0 Å². The summed E-state index contributed by atoms with van der Waals surface area (Å²) in [6.07, 6.45) is 7.11. The first kappa shape index (κ1) is 17.5. The van der Waals surface area contributed by atoms with Crippen molar-refractivity contribution in [2.45, 2.75) is 51.9 Å². The number of hydrogen-bond acceptors (Lipinski definition) is 1. The maximum absolute atomic E-state index is 12.1. The van der Waals surface area contributed by atoms with E-state index in [0.29, 0.717) is 5.92 Å². The second-order valence-electron chi connectivity index (χ2n) is 5.59. The normalized spacial score (nSPS) is 11.9. The third-order valence-electron chi connectivity index (χ3n) is 3.89. The van der Waals surface area contributed by atoms with Gasteiger partial charge in [-0.1, -0.05) is 70.0 Å². The molecule has 2 nitrogen and oxygen atoms in total. The van der Waals surface area contributed by atoms with Gasteiger partial charge < -0.3 is 4.90 Å². The fourth-order valence-electron chi connectivity index (χ4n) is 2.57. The van der Waals surface area contributed by atoms with Gasteiger partial charge in [0.05, 0.1) is 0 Å². The fourth-order valence-corrected chi connectivity index (χ4v) is 2.57. The van der Waals surface area contributed by atoms with Gasteiger partial charge in [0.25, 0.3) is 0 Å². The minimum Gasteiger partial charge on any atom is -0.339 e. The summed E-state index contributed by atoms with van der Waals surface area (Å²) in [5.41, 5.74) is 1.34. The Balaban J connectivity index is 2.80. The Morgan fingerprint density at radius 1 is 1.19 bits per heavy atom. The zero-order chi connectivity index (χ0) is 15.5. The van der Waals surface area contributed by atoms with Gasteiger partial charge in [-0.05, 0) is 24.5 Å². The van der Waals surface area contributed by atoms with E-state index in [1.807, 2.05) is 11.0 Å². The summed E-state index contributed by atoms with van der Waals surface area (Å²) in [4.78, 5) is 14.0. The van der Waals surface area contributed by atoms with Crippen LogP contribution in [-0.4, -0.2) is 23.9 Å². The first-order chi connectivity index (χ1) is 10.2. The Morgan fingerprint density at radius 2 is 1.86 bits per heavy atom. The number of carbonyl (C=O) groups is 1. The fraction of sp³-hybridized carbons (Fsp3) is 0.526. The first-order valence-electron chi connectivity index (χ1n) is 8.19. The van der Waals surface area contributed by atoms with Crippen LogP contribution in [0.4, 0.5) is 0 Å². The summed E-state index contributed by atoms with van der Waals surface area (Å²) in [6.45, 7) is 9.64. The molecule has 0 aromatic heterocycles. The van der Waals surface area contributed by atoms with Crippen LogP contribution in [0.1, 0.15) is 57.4 Å². The van der Waals surface area contributed by atoms with Gasteiger partial charge in [0.2, 0.25) is 5.91 Å². The van der Waals surface area contributed by atoms with Crippen molar-refractivity contribution in [1.82, 2.24) is 4.90 Å². The summed E-state index contributed by atoms with van der Waals surface area (Å²) >= 11 is 0. The van der Waals surface area contributed by atoms with Crippen LogP contribution in [0.15, 0.2) is 43.0 Å². The highest BCUT2D eigenvalue weighted by Gasteiger charge is 2.18. The van der Waals surface area contributed by atoms with Crippen molar-refractivity contribution in [2.24, 2.45) is 0 Å². The lowest BCUT2D eigenvalue weighted by atomic mass is 9.93. The molecule has 0 spiro atoms. The number of amides is 1. The molecule has 1 unspecified atom stereocenters. The molecule has 0 heterocycles. The number of nitrogens with zero attached hydrogens (tertiary/aromatic N) is 1. The molecule has 2 heteroatoms. The van der Waals surface area contributed by atoms with Crippen molar-refractivity contribution >= 4 is 5.91 Å². The highest BCUT2D eigenvalue weighted by atomic mass is 16.2. The molecule has 1 atom stereocenters. The number of hydrogen-bond donors (Lipinski definition) is 0. The van der Waals surface area contributed by atoms with Crippen LogP contribution in [0.3, 0.4) is 0 Å². The Morgan fingerprint density at radius 3 is 2.43 bits per heavy atom. The van der Waals surface area contributed by atoms with Gasteiger partial charge in [-0.25, -0.2) is 0 Å². The minimum atomic E-state index is 0.0564. The Hall–Kier alpha value is -1.57. The average molecular weight is 287 g/mol. The number of benzene rings is 1. The van der Waals surface area contributed by atoms with Crippen LogP contribution >= 0.6 is 0 Å². The summed E-state index contributed by atoms with van der Waals surface area (Å²) in [7, 11) is 0. The van der Waals surface area contributed by atoms with Crippen molar-refractivity contribution in [3.63, 3.8) is 0 Å². The second kappa shape index (κ2) is 10.2. The topological polar surface area (TPSA) is 20.3 Å². The molecule has 1 aromatic rings. The Kier molecular flexibility index (Phi) is 8.49. The molecule has 0 aliphatic heterocycles. The third-order valence-corrected chi connectivity index (χ3v) is 3.89. The van der Waals surface area contributed by atoms with E-state index in [2.05, 4.69) is 44.7 Å². The molecule has 21 heavy (non-hydrogen) atoms. The Labute approximate surface area is 129 Å². The van der Waals surface area contributed by atoms with Gasteiger partial charge in [0.1, 0.15) is 0 Å². The molecule has 0 saturated carbocycles. The highest BCUT2D eigenvalue weighted by molar-refractivity contribution is 5.87. The quantitative estimate of drug-likeness (QED) is 0.567. The third kappa shape index (κ3) is 6.16. The standard InChI is InChI=1S/C19H29NO/c1-4-7-12-18(17-13-10-9-11-14-17)16-20(15-8-5-2)19(21)6-3/h6,9-11,13-14,18H,3-5,7-8,12,15-16H2,1-2H3. The van der Waals surface area contributed by atoms with Gasteiger partial charge in [0.15, 0.2) is 0 Å². The monoisotopic (exact) mass is 287 g/mol. The lowest BCUT2D eigenvalue weighted by Crippen LogP contribution is -2.34. The molecule has 0 aliphatic carbocycles.